The maximum absolute atomic E-state index is 13.3. The zero-order chi connectivity index (χ0) is 13.0. The molecule has 0 amide bonds. The van der Waals surface area contributed by atoms with Crippen LogP contribution < -0.4 is 10.9 Å². The van der Waals surface area contributed by atoms with Gasteiger partial charge in [0.15, 0.2) is 0 Å². The fourth-order valence-electron chi connectivity index (χ4n) is 1.50. The molecule has 2 nitrogen and oxygen atoms in total. The molecule has 2 rings (SSSR count). The highest BCUT2D eigenvalue weighted by molar-refractivity contribution is 9.13. The normalized spacial score (nSPS) is 10.4. The molecule has 2 aromatic rings. The van der Waals surface area contributed by atoms with Crippen molar-refractivity contribution in [2.75, 3.05) is 5.43 Å². The van der Waals surface area contributed by atoms with Crippen LogP contribution in [0.25, 0.3) is 0 Å². The van der Waals surface area contributed by atoms with E-state index >= 15 is 0 Å². The predicted molar refractivity (Wildman–Crippen MR) is 78.7 cm³/mol. The molecule has 2 aromatic carbocycles. The van der Waals surface area contributed by atoms with Crippen LogP contribution >= 0.6 is 31.9 Å². The van der Waals surface area contributed by atoms with Crippen LogP contribution in [0.4, 0.5) is 10.1 Å². The first kappa shape index (κ1) is 13.5. The number of para-hydroxylation sites is 1. The number of benzene rings is 2. The fraction of sp³-hybridized carbons (Fsp3) is 0.0769. The summed E-state index contributed by atoms with van der Waals surface area (Å²) in [6.07, 6.45) is 0. The minimum atomic E-state index is -0.262. The Morgan fingerprint density at radius 1 is 1.06 bits per heavy atom. The molecule has 0 fully saturated rings. The van der Waals surface area contributed by atoms with Gasteiger partial charge in [0.05, 0.1) is 0 Å². The van der Waals surface area contributed by atoms with E-state index in [4.69, 9.17) is 0 Å². The van der Waals surface area contributed by atoms with Gasteiger partial charge in [0, 0.05) is 21.2 Å². The Labute approximate surface area is 122 Å². The highest BCUT2D eigenvalue weighted by Crippen LogP contribution is 2.27. The molecule has 18 heavy (non-hydrogen) atoms. The largest absolute Gasteiger partial charge is 0.321 e. The van der Waals surface area contributed by atoms with Crippen molar-refractivity contribution in [3.8, 4) is 0 Å². The summed E-state index contributed by atoms with van der Waals surface area (Å²) in [5.41, 5.74) is 7.90. The summed E-state index contributed by atoms with van der Waals surface area (Å²) in [6, 6.07) is 12.7. The topological polar surface area (TPSA) is 24.1 Å². The van der Waals surface area contributed by atoms with Gasteiger partial charge in [-0.2, -0.15) is 0 Å². The lowest BCUT2D eigenvalue weighted by molar-refractivity contribution is 0.622. The number of halogens is 3. The Morgan fingerprint density at radius 3 is 2.50 bits per heavy atom. The van der Waals surface area contributed by atoms with Crippen LogP contribution in [0.3, 0.4) is 0 Å². The molecule has 0 aliphatic heterocycles. The molecule has 0 saturated carbocycles. The van der Waals surface area contributed by atoms with Crippen molar-refractivity contribution in [2.24, 2.45) is 0 Å². The maximum atomic E-state index is 13.3. The summed E-state index contributed by atoms with van der Waals surface area (Å²) in [7, 11) is 0. The lowest BCUT2D eigenvalue weighted by Gasteiger charge is -2.10. The molecule has 0 radical (unpaired) electrons. The van der Waals surface area contributed by atoms with Gasteiger partial charge in [-0.05, 0) is 61.7 Å². The summed E-state index contributed by atoms with van der Waals surface area (Å²) >= 11 is 6.72. The molecule has 0 bridgehead atoms. The summed E-state index contributed by atoms with van der Waals surface area (Å²) < 4.78 is 14.8. The minimum absolute atomic E-state index is 0.262. The van der Waals surface area contributed by atoms with Gasteiger partial charge in [-0.15, -0.1) is 0 Å². The molecular formula is C13H11Br2FN2. The molecule has 0 aliphatic carbocycles. The van der Waals surface area contributed by atoms with Crippen LogP contribution in [0.1, 0.15) is 5.56 Å². The van der Waals surface area contributed by atoms with E-state index in [0.717, 1.165) is 15.7 Å². The monoisotopic (exact) mass is 372 g/mol. The predicted octanol–water partition coefficient (Wildman–Crippen LogP) is 4.47. The Morgan fingerprint density at radius 2 is 1.78 bits per heavy atom. The van der Waals surface area contributed by atoms with E-state index in [9.17, 15) is 4.39 Å². The molecule has 0 aromatic heterocycles. The van der Waals surface area contributed by atoms with Crippen LogP contribution in [0.2, 0.25) is 0 Å². The van der Waals surface area contributed by atoms with E-state index < -0.39 is 0 Å². The number of anilines is 1. The molecular weight excluding hydrogens is 363 g/mol. The highest BCUT2D eigenvalue weighted by Gasteiger charge is 2.06. The molecule has 0 saturated heterocycles. The van der Waals surface area contributed by atoms with Crippen LogP contribution in [-0.2, 0) is 6.54 Å². The van der Waals surface area contributed by atoms with E-state index in [1.165, 1.54) is 12.1 Å². The minimum Gasteiger partial charge on any atom is -0.321 e. The second kappa shape index (κ2) is 6.31. The lowest BCUT2D eigenvalue weighted by Crippen LogP contribution is -2.21. The maximum Gasteiger partial charge on any atom is 0.124 e. The standard InChI is InChI=1S/C13H11Br2FN2/c14-12-7-10(16)6-9(13(12)15)8-17-18-11-4-2-1-3-5-11/h1-7,17-18H,8H2. The van der Waals surface area contributed by atoms with Crippen molar-refractivity contribution in [1.82, 2.24) is 5.43 Å². The van der Waals surface area contributed by atoms with Gasteiger partial charge in [0.25, 0.3) is 0 Å². The number of hydrogen-bond donors (Lipinski definition) is 2. The van der Waals surface area contributed by atoms with E-state index in [-0.39, 0.29) is 5.82 Å². The third-order valence-electron chi connectivity index (χ3n) is 2.35. The number of hydrazine groups is 1. The fourth-order valence-corrected chi connectivity index (χ4v) is 2.34. The molecule has 0 atom stereocenters. The second-order valence-electron chi connectivity index (χ2n) is 3.71. The zero-order valence-corrected chi connectivity index (χ0v) is 12.6. The van der Waals surface area contributed by atoms with Crippen molar-refractivity contribution >= 4 is 37.5 Å². The van der Waals surface area contributed by atoms with Crippen molar-refractivity contribution in [1.29, 1.82) is 0 Å². The third kappa shape index (κ3) is 3.54. The van der Waals surface area contributed by atoms with Crippen molar-refractivity contribution in [3.05, 3.63) is 62.8 Å². The second-order valence-corrected chi connectivity index (χ2v) is 5.35. The van der Waals surface area contributed by atoms with Gasteiger partial charge in [-0.1, -0.05) is 18.2 Å². The SMILES string of the molecule is Fc1cc(Br)c(Br)c(CNNc2ccccc2)c1. The first-order valence-corrected chi connectivity index (χ1v) is 6.93. The quantitative estimate of drug-likeness (QED) is 0.610. The highest BCUT2D eigenvalue weighted by atomic mass is 79.9. The van der Waals surface area contributed by atoms with E-state index in [1.54, 1.807) is 0 Å². The van der Waals surface area contributed by atoms with Crippen LogP contribution in [0, 0.1) is 5.82 Å². The van der Waals surface area contributed by atoms with Gasteiger partial charge in [0.2, 0.25) is 0 Å². The average Bonchev–Trinajstić information content (AvgIpc) is 2.36. The van der Waals surface area contributed by atoms with E-state index in [1.807, 2.05) is 30.3 Å². The third-order valence-corrected chi connectivity index (χ3v) is 4.45. The number of hydrogen-bond acceptors (Lipinski definition) is 2. The van der Waals surface area contributed by atoms with Crippen molar-refractivity contribution < 1.29 is 4.39 Å². The van der Waals surface area contributed by atoms with Crippen LogP contribution in [0.5, 0.6) is 0 Å². The Balaban J connectivity index is 1.99. The smallest absolute Gasteiger partial charge is 0.124 e. The lowest BCUT2D eigenvalue weighted by atomic mass is 10.2. The Bertz CT molecular complexity index is 532. The summed E-state index contributed by atoms with van der Waals surface area (Å²) in [5, 5.41) is 0. The summed E-state index contributed by atoms with van der Waals surface area (Å²) in [5.74, 6) is -0.262. The Kier molecular flexibility index (Phi) is 4.74. The number of rotatable bonds is 4. The molecule has 0 unspecified atom stereocenters. The van der Waals surface area contributed by atoms with E-state index in [0.29, 0.717) is 11.0 Å². The number of nitrogens with one attached hydrogen (secondary N) is 2. The molecule has 2 N–H and O–H groups in total. The summed E-state index contributed by atoms with van der Waals surface area (Å²) in [6.45, 7) is 0.506. The molecule has 0 spiro atoms. The summed E-state index contributed by atoms with van der Waals surface area (Å²) in [4.78, 5) is 0. The van der Waals surface area contributed by atoms with Crippen LogP contribution in [0.15, 0.2) is 51.4 Å². The van der Waals surface area contributed by atoms with E-state index in [2.05, 4.69) is 42.7 Å². The van der Waals surface area contributed by atoms with Gasteiger partial charge in [-0.25, -0.2) is 9.82 Å². The molecule has 5 heteroatoms. The molecule has 94 valence electrons. The molecule has 0 heterocycles. The van der Waals surface area contributed by atoms with Crippen molar-refractivity contribution in [3.63, 3.8) is 0 Å². The average molecular weight is 374 g/mol. The van der Waals surface area contributed by atoms with Gasteiger partial charge < -0.3 is 5.43 Å². The molecule has 0 aliphatic rings. The Hall–Kier alpha value is -0.910. The van der Waals surface area contributed by atoms with Crippen molar-refractivity contribution in [2.45, 2.75) is 6.54 Å². The van der Waals surface area contributed by atoms with Gasteiger partial charge in [-0.3, -0.25) is 0 Å². The zero-order valence-electron chi connectivity index (χ0n) is 9.38. The first-order chi connectivity index (χ1) is 8.66. The van der Waals surface area contributed by atoms with Crippen LogP contribution in [-0.4, -0.2) is 0 Å². The first-order valence-electron chi connectivity index (χ1n) is 5.34. The van der Waals surface area contributed by atoms with Gasteiger partial charge in [0.1, 0.15) is 5.82 Å². The van der Waals surface area contributed by atoms with Gasteiger partial charge >= 0.3 is 0 Å².